The van der Waals surface area contributed by atoms with Crippen molar-refractivity contribution in [2.45, 2.75) is 90.8 Å². The second-order valence-corrected chi connectivity index (χ2v) is 11.1. The van der Waals surface area contributed by atoms with E-state index in [-0.39, 0.29) is 0 Å². The predicted molar refractivity (Wildman–Crippen MR) is 125 cm³/mol. The molecule has 0 aromatic rings. The maximum absolute atomic E-state index is 10.1. The summed E-state index contributed by atoms with van der Waals surface area (Å²) in [5.74, 6) is 3.80. The van der Waals surface area contributed by atoms with Crippen LogP contribution >= 0.6 is 0 Å². The minimum atomic E-state index is -0.600. The Morgan fingerprint density at radius 2 is 1.77 bits per heavy atom. The maximum atomic E-state index is 10.1. The molecule has 7 atom stereocenters. The van der Waals surface area contributed by atoms with Crippen LogP contribution in [-0.4, -0.2) is 22.4 Å². The first-order chi connectivity index (χ1) is 14.3. The molecular weight excluding hydrogens is 368 g/mol. The van der Waals surface area contributed by atoms with Crippen LogP contribution in [0, 0.1) is 35.0 Å². The molecule has 0 amide bonds. The topological polar surface area (TPSA) is 40.5 Å². The number of hydrogen-bond acceptors (Lipinski definition) is 2. The molecule has 4 rings (SSSR count). The molecule has 0 aliphatic heterocycles. The molecule has 4 saturated carbocycles. The first-order valence-electron chi connectivity index (χ1n) is 12.4. The summed E-state index contributed by atoms with van der Waals surface area (Å²) in [5.41, 5.74) is 3.81. The second-order valence-electron chi connectivity index (χ2n) is 11.1. The van der Waals surface area contributed by atoms with E-state index in [0.717, 1.165) is 28.9 Å². The Kier molecular flexibility index (Phi) is 6.47. The highest BCUT2D eigenvalue weighted by atomic mass is 16.3. The largest absolute Gasteiger partial charge is 0.393 e. The standard InChI is InChI=1S/C28H42O2/c1-18(21-9-10-21)7-8-19(2)25-13-14-26-22(6-5-15-28(25,26)4)11-12-23-16-24(29)17-27(30)20(23)3/h7-8,11-12,18-19,21,24-27,29-30H,3,5-6,9-10,13-17H2,1-2,4H3/b8-7+,22-11+,23-12-/t18?,19?,24?,25-,26?,27+,28-/m1/s1. The van der Waals surface area contributed by atoms with Crippen LogP contribution in [0.1, 0.15) is 78.6 Å². The van der Waals surface area contributed by atoms with Gasteiger partial charge in [-0.3, -0.25) is 0 Å². The van der Waals surface area contributed by atoms with Gasteiger partial charge in [0.25, 0.3) is 0 Å². The van der Waals surface area contributed by atoms with Crippen molar-refractivity contribution in [1.29, 1.82) is 0 Å². The van der Waals surface area contributed by atoms with E-state index in [1.807, 2.05) is 0 Å². The summed E-state index contributed by atoms with van der Waals surface area (Å²) in [6.07, 6.45) is 18.8. The molecule has 2 heteroatoms. The van der Waals surface area contributed by atoms with E-state index in [9.17, 15) is 10.2 Å². The smallest absolute Gasteiger partial charge is 0.0811 e. The zero-order valence-corrected chi connectivity index (χ0v) is 19.3. The number of aliphatic hydroxyl groups is 2. The molecule has 4 fully saturated rings. The summed E-state index contributed by atoms with van der Waals surface area (Å²) in [7, 11) is 0. The van der Waals surface area contributed by atoms with Crippen molar-refractivity contribution in [2.75, 3.05) is 0 Å². The molecule has 0 aromatic heterocycles. The van der Waals surface area contributed by atoms with E-state index in [0.29, 0.717) is 30.1 Å². The SMILES string of the molecule is C=C1/C(=C\C=C2/CCC[C@@]3(C)C2CC[C@@H]3C(C)/C=C/C(C)C2CC2)CC(O)C[C@@H]1O. The Bertz CT molecular complexity index is 740. The predicted octanol–water partition coefficient (Wildman–Crippen LogP) is 6.37. The van der Waals surface area contributed by atoms with Crippen molar-refractivity contribution in [2.24, 2.45) is 35.0 Å². The van der Waals surface area contributed by atoms with Gasteiger partial charge < -0.3 is 10.2 Å². The first-order valence-corrected chi connectivity index (χ1v) is 12.4. The average Bonchev–Trinajstić information content (AvgIpc) is 3.49. The fourth-order valence-corrected chi connectivity index (χ4v) is 6.87. The molecule has 2 N–H and O–H groups in total. The molecule has 0 radical (unpaired) electrons. The van der Waals surface area contributed by atoms with E-state index < -0.39 is 12.2 Å². The van der Waals surface area contributed by atoms with Crippen LogP contribution in [0.3, 0.4) is 0 Å². The lowest BCUT2D eigenvalue weighted by Gasteiger charge is -2.44. The molecule has 166 valence electrons. The number of fused-ring (bicyclic) bond motifs is 1. The third-order valence-electron chi connectivity index (χ3n) is 9.02. The van der Waals surface area contributed by atoms with E-state index in [2.05, 4.69) is 51.7 Å². The van der Waals surface area contributed by atoms with Gasteiger partial charge in [0.15, 0.2) is 0 Å². The Morgan fingerprint density at radius 1 is 1.03 bits per heavy atom. The van der Waals surface area contributed by atoms with Gasteiger partial charge in [-0.15, -0.1) is 0 Å². The third kappa shape index (κ3) is 4.41. The Balaban J connectivity index is 1.48. The van der Waals surface area contributed by atoms with Crippen molar-refractivity contribution in [3.05, 3.63) is 47.6 Å². The van der Waals surface area contributed by atoms with E-state index in [1.165, 1.54) is 44.9 Å². The Hall–Kier alpha value is -1.12. The van der Waals surface area contributed by atoms with Gasteiger partial charge in [-0.1, -0.05) is 57.2 Å². The molecule has 4 unspecified atom stereocenters. The normalized spacial score (nSPS) is 42.1. The monoisotopic (exact) mass is 410 g/mol. The molecule has 0 heterocycles. The van der Waals surface area contributed by atoms with E-state index in [4.69, 9.17) is 0 Å². The highest BCUT2D eigenvalue weighted by molar-refractivity contribution is 5.38. The van der Waals surface area contributed by atoms with Crippen LogP contribution in [0.4, 0.5) is 0 Å². The van der Waals surface area contributed by atoms with Gasteiger partial charge in [-0.25, -0.2) is 0 Å². The molecule has 0 aromatic carbocycles. The van der Waals surface area contributed by atoms with Crippen LogP contribution in [-0.2, 0) is 0 Å². The summed E-state index contributed by atoms with van der Waals surface area (Å²) >= 11 is 0. The van der Waals surface area contributed by atoms with Crippen molar-refractivity contribution >= 4 is 0 Å². The molecule has 0 spiro atoms. The van der Waals surface area contributed by atoms with Crippen molar-refractivity contribution in [3.8, 4) is 0 Å². The Morgan fingerprint density at radius 3 is 2.50 bits per heavy atom. The van der Waals surface area contributed by atoms with Gasteiger partial charge in [-0.05, 0) is 97.5 Å². The summed E-state index contributed by atoms with van der Waals surface area (Å²) in [6, 6.07) is 0. The summed E-state index contributed by atoms with van der Waals surface area (Å²) in [6.45, 7) is 11.5. The lowest BCUT2D eigenvalue weighted by molar-refractivity contribution is 0.0862. The molecular formula is C28H42O2. The van der Waals surface area contributed by atoms with Gasteiger partial charge in [0, 0.05) is 6.42 Å². The van der Waals surface area contributed by atoms with Gasteiger partial charge in [0.05, 0.1) is 12.2 Å². The fraction of sp³-hybridized carbons (Fsp3) is 0.714. The van der Waals surface area contributed by atoms with Crippen molar-refractivity contribution < 1.29 is 10.2 Å². The zero-order valence-electron chi connectivity index (χ0n) is 19.3. The molecule has 4 aliphatic carbocycles. The van der Waals surface area contributed by atoms with Crippen LogP contribution in [0.25, 0.3) is 0 Å². The molecule has 30 heavy (non-hydrogen) atoms. The van der Waals surface area contributed by atoms with Crippen LogP contribution in [0.15, 0.2) is 47.6 Å². The maximum Gasteiger partial charge on any atom is 0.0811 e. The summed E-state index contributed by atoms with van der Waals surface area (Å²) in [5, 5.41) is 20.2. The minimum Gasteiger partial charge on any atom is -0.393 e. The van der Waals surface area contributed by atoms with Crippen molar-refractivity contribution in [1.82, 2.24) is 0 Å². The first kappa shape index (κ1) is 22.1. The molecule has 2 nitrogen and oxygen atoms in total. The number of allylic oxidation sites excluding steroid dienone is 5. The fourth-order valence-electron chi connectivity index (χ4n) is 6.87. The molecule has 0 saturated heterocycles. The Labute approximate surface area is 183 Å². The van der Waals surface area contributed by atoms with E-state index >= 15 is 0 Å². The second kappa shape index (κ2) is 8.79. The van der Waals surface area contributed by atoms with Gasteiger partial charge >= 0.3 is 0 Å². The molecule has 0 bridgehead atoms. The number of aliphatic hydroxyl groups excluding tert-OH is 2. The van der Waals surface area contributed by atoms with E-state index in [1.54, 1.807) is 5.57 Å². The minimum absolute atomic E-state index is 0.401. The summed E-state index contributed by atoms with van der Waals surface area (Å²) < 4.78 is 0. The molecule has 4 aliphatic rings. The van der Waals surface area contributed by atoms with Crippen LogP contribution < -0.4 is 0 Å². The van der Waals surface area contributed by atoms with Gasteiger partial charge in [0.2, 0.25) is 0 Å². The van der Waals surface area contributed by atoms with Crippen LogP contribution in [0.2, 0.25) is 0 Å². The average molecular weight is 411 g/mol. The third-order valence-corrected chi connectivity index (χ3v) is 9.02. The number of rotatable bonds is 5. The highest BCUT2D eigenvalue weighted by Crippen LogP contribution is 2.59. The van der Waals surface area contributed by atoms with Gasteiger partial charge in [-0.2, -0.15) is 0 Å². The summed E-state index contributed by atoms with van der Waals surface area (Å²) in [4.78, 5) is 0. The van der Waals surface area contributed by atoms with Gasteiger partial charge in [0.1, 0.15) is 0 Å². The zero-order chi connectivity index (χ0) is 21.5. The number of hydrogen-bond donors (Lipinski definition) is 2. The van der Waals surface area contributed by atoms with Crippen molar-refractivity contribution in [3.63, 3.8) is 0 Å². The lowest BCUT2D eigenvalue weighted by Crippen LogP contribution is -2.35. The lowest BCUT2D eigenvalue weighted by atomic mass is 9.61. The quantitative estimate of drug-likeness (QED) is 0.517. The van der Waals surface area contributed by atoms with Crippen LogP contribution in [0.5, 0.6) is 0 Å². The highest BCUT2D eigenvalue weighted by Gasteiger charge is 2.50.